The fourth-order valence-electron chi connectivity index (χ4n) is 3.51. The van der Waals surface area contributed by atoms with Crippen LogP contribution in [0.25, 0.3) is 0 Å². The highest BCUT2D eigenvalue weighted by atomic mass is 32.1. The molecule has 0 saturated heterocycles. The monoisotopic (exact) mass is 449 g/mol. The Balaban J connectivity index is 2.02. The summed E-state index contributed by atoms with van der Waals surface area (Å²) in [7, 11) is 1.50. The van der Waals surface area contributed by atoms with Gasteiger partial charge in [-0.15, -0.1) is 0 Å². The minimum absolute atomic E-state index is 0.362. The SMILES string of the molecule is CCN1C(=S)N[C@H](c2ccc(C(F)(F)F)cc2)C(C(=O)Nc2ccccc2OC)=C1C. The zero-order valence-corrected chi connectivity index (χ0v) is 18.0. The van der Waals surface area contributed by atoms with Crippen LogP contribution >= 0.6 is 12.2 Å². The molecule has 3 rings (SSSR count). The molecule has 0 saturated carbocycles. The number of thiocarbonyl (C=S) groups is 1. The quantitative estimate of drug-likeness (QED) is 0.638. The molecular weight excluding hydrogens is 427 g/mol. The summed E-state index contributed by atoms with van der Waals surface area (Å²) >= 11 is 5.42. The number of anilines is 1. The molecule has 2 N–H and O–H groups in total. The van der Waals surface area contributed by atoms with E-state index in [9.17, 15) is 18.0 Å². The lowest BCUT2D eigenvalue weighted by Gasteiger charge is -2.37. The van der Waals surface area contributed by atoms with Gasteiger partial charge in [-0.2, -0.15) is 13.2 Å². The number of amides is 1. The largest absolute Gasteiger partial charge is 0.495 e. The number of rotatable bonds is 5. The first-order valence-corrected chi connectivity index (χ1v) is 9.98. The molecule has 2 aromatic carbocycles. The second-order valence-electron chi connectivity index (χ2n) is 6.90. The number of hydrogen-bond donors (Lipinski definition) is 2. The highest BCUT2D eigenvalue weighted by Gasteiger charge is 2.35. The molecule has 0 aromatic heterocycles. The number of ether oxygens (including phenoxy) is 1. The van der Waals surface area contributed by atoms with Crippen molar-refractivity contribution in [3.05, 3.63) is 70.9 Å². The number of alkyl halides is 3. The van der Waals surface area contributed by atoms with Crippen LogP contribution in [0.1, 0.15) is 31.0 Å². The molecule has 5 nitrogen and oxygen atoms in total. The van der Waals surface area contributed by atoms with Crippen LogP contribution < -0.4 is 15.4 Å². The third-order valence-corrected chi connectivity index (χ3v) is 5.42. The van der Waals surface area contributed by atoms with E-state index in [4.69, 9.17) is 17.0 Å². The van der Waals surface area contributed by atoms with E-state index in [1.165, 1.54) is 19.2 Å². The second kappa shape index (κ2) is 8.97. The Morgan fingerprint density at radius 3 is 2.42 bits per heavy atom. The average Bonchev–Trinajstić information content (AvgIpc) is 2.73. The van der Waals surface area contributed by atoms with E-state index in [-0.39, 0.29) is 0 Å². The molecule has 1 atom stereocenters. The highest BCUT2D eigenvalue weighted by Crippen LogP contribution is 2.35. The molecule has 0 aliphatic carbocycles. The average molecular weight is 449 g/mol. The Kier molecular flexibility index (Phi) is 6.54. The molecule has 1 amide bonds. The first-order chi connectivity index (χ1) is 14.7. The van der Waals surface area contributed by atoms with E-state index in [0.717, 1.165) is 12.1 Å². The molecule has 2 aromatic rings. The Bertz CT molecular complexity index is 1020. The number of hydrogen-bond acceptors (Lipinski definition) is 3. The van der Waals surface area contributed by atoms with E-state index in [2.05, 4.69) is 10.6 Å². The van der Waals surface area contributed by atoms with Gasteiger partial charge in [0.05, 0.1) is 30.0 Å². The van der Waals surface area contributed by atoms with Crippen LogP contribution in [0.2, 0.25) is 0 Å². The van der Waals surface area contributed by atoms with Crippen molar-refractivity contribution in [1.29, 1.82) is 0 Å². The molecule has 9 heteroatoms. The predicted molar refractivity (Wildman–Crippen MR) is 117 cm³/mol. The van der Waals surface area contributed by atoms with Gasteiger partial charge >= 0.3 is 6.18 Å². The van der Waals surface area contributed by atoms with Gasteiger partial charge in [-0.3, -0.25) is 4.79 Å². The molecule has 1 aliphatic heterocycles. The van der Waals surface area contributed by atoms with E-state index in [0.29, 0.717) is 39.9 Å². The second-order valence-corrected chi connectivity index (χ2v) is 7.29. The van der Waals surface area contributed by atoms with Crippen molar-refractivity contribution in [2.45, 2.75) is 26.1 Å². The van der Waals surface area contributed by atoms with Crippen molar-refractivity contribution < 1.29 is 22.7 Å². The van der Waals surface area contributed by atoms with Crippen LogP contribution in [0.15, 0.2) is 59.8 Å². The third kappa shape index (κ3) is 4.66. The third-order valence-electron chi connectivity index (χ3n) is 5.08. The number of halogens is 3. The number of methoxy groups -OCH3 is 1. The maximum Gasteiger partial charge on any atom is 0.416 e. The van der Waals surface area contributed by atoms with Crippen molar-refractivity contribution in [1.82, 2.24) is 10.2 Å². The summed E-state index contributed by atoms with van der Waals surface area (Å²) in [6.45, 7) is 4.19. The lowest BCUT2D eigenvalue weighted by Crippen LogP contribution is -2.48. The zero-order chi connectivity index (χ0) is 22.8. The summed E-state index contributed by atoms with van der Waals surface area (Å²) in [6.07, 6.45) is -4.44. The lowest BCUT2D eigenvalue weighted by molar-refractivity contribution is -0.137. The Morgan fingerprint density at radius 2 is 1.84 bits per heavy atom. The number of nitrogens with one attached hydrogen (secondary N) is 2. The smallest absolute Gasteiger partial charge is 0.416 e. The molecular formula is C22H22F3N3O2S. The van der Waals surface area contributed by atoms with Gasteiger partial charge in [-0.1, -0.05) is 24.3 Å². The molecule has 1 heterocycles. The molecule has 0 radical (unpaired) electrons. The lowest BCUT2D eigenvalue weighted by atomic mass is 9.93. The summed E-state index contributed by atoms with van der Waals surface area (Å²) in [5.41, 5.74) is 1.21. The number of benzene rings is 2. The van der Waals surface area contributed by atoms with Gasteiger partial charge < -0.3 is 20.3 Å². The number of carbonyl (C=O) groups is 1. The van der Waals surface area contributed by atoms with Gasteiger partial charge in [-0.25, -0.2) is 0 Å². The fourth-order valence-corrected chi connectivity index (χ4v) is 3.89. The minimum atomic E-state index is -4.44. The maximum absolute atomic E-state index is 13.3. The first kappa shape index (κ1) is 22.6. The van der Waals surface area contributed by atoms with Gasteiger partial charge in [0.15, 0.2) is 5.11 Å². The number of para-hydroxylation sites is 2. The van der Waals surface area contributed by atoms with Crippen molar-refractivity contribution in [2.24, 2.45) is 0 Å². The summed E-state index contributed by atoms with van der Waals surface area (Å²) in [6, 6.07) is 11.0. The Morgan fingerprint density at radius 1 is 1.19 bits per heavy atom. The summed E-state index contributed by atoms with van der Waals surface area (Å²) in [5.74, 6) is 0.0900. The minimum Gasteiger partial charge on any atom is -0.495 e. The van der Waals surface area contributed by atoms with Crippen molar-refractivity contribution in [2.75, 3.05) is 19.0 Å². The molecule has 0 bridgehead atoms. The van der Waals surface area contributed by atoms with Gasteiger partial charge in [0.25, 0.3) is 5.91 Å². The van der Waals surface area contributed by atoms with E-state index >= 15 is 0 Å². The molecule has 164 valence electrons. The van der Waals surface area contributed by atoms with Gasteiger partial charge in [0.1, 0.15) is 5.75 Å². The van der Waals surface area contributed by atoms with Gasteiger partial charge in [0, 0.05) is 12.2 Å². The number of allylic oxidation sites excluding steroid dienone is 1. The van der Waals surface area contributed by atoms with E-state index in [1.54, 1.807) is 36.1 Å². The van der Waals surface area contributed by atoms with Gasteiger partial charge in [0.2, 0.25) is 0 Å². The summed E-state index contributed by atoms with van der Waals surface area (Å²) < 4.78 is 44.2. The molecule has 0 spiro atoms. The molecule has 1 aliphatic rings. The molecule has 0 unspecified atom stereocenters. The maximum atomic E-state index is 13.3. The van der Waals surface area contributed by atoms with Crippen molar-refractivity contribution in [3.63, 3.8) is 0 Å². The fraction of sp³-hybridized carbons (Fsp3) is 0.273. The molecule has 31 heavy (non-hydrogen) atoms. The van der Waals surface area contributed by atoms with Crippen LogP contribution in [-0.2, 0) is 11.0 Å². The predicted octanol–water partition coefficient (Wildman–Crippen LogP) is 4.88. The van der Waals surface area contributed by atoms with Crippen molar-refractivity contribution in [3.8, 4) is 5.75 Å². The molecule has 0 fully saturated rings. The van der Waals surface area contributed by atoms with Gasteiger partial charge in [-0.05, 0) is 55.9 Å². The van der Waals surface area contributed by atoms with Crippen LogP contribution in [0.4, 0.5) is 18.9 Å². The van der Waals surface area contributed by atoms with E-state index in [1.807, 2.05) is 6.92 Å². The van der Waals surface area contributed by atoms with Crippen molar-refractivity contribution >= 4 is 28.9 Å². The standard InChI is InChI=1S/C22H22F3N3O2S/c1-4-28-13(2)18(20(29)26-16-7-5-6-8-17(16)30-3)19(27-21(28)31)14-9-11-15(12-10-14)22(23,24)25/h5-12,19H,4H2,1-3H3,(H,26,29)(H,27,31)/t19-/m1/s1. The number of carbonyl (C=O) groups excluding carboxylic acids is 1. The van der Waals surface area contributed by atoms with Crippen LogP contribution in [0.3, 0.4) is 0 Å². The Labute approximate surface area is 183 Å². The summed E-state index contributed by atoms with van der Waals surface area (Å²) in [5, 5.41) is 6.34. The van der Waals surface area contributed by atoms with E-state index < -0.39 is 23.7 Å². The first-order valence-electron chi connectivity index (χ1n) is 9.57. The normalized spacial score (nSPS) is 16.8. The summed E-state index contributed by atoms with van der Waals surface area (Å²) in [4.78, 5) is 15.1. The van der Waals surface area contributed by atoms with Crippen LogP contribution in [0.5, 0.6) is 5.75 Å². The van der Waals surface area contributed by atoms with Crippen LogP contribution in [0, 0.1) is 0 Å². The topological polar surface area (TPSA) is 53.6 Å². The highest BCUT2D eigenvalue weighted by molar-refractivity contribution is 7.80. The van der Waals surface area contributed by atoms with Crippen LogP contribution in [-0.4, -0.2) is 29.6 Å². The number of nitrogens with zero attached hydrogens (tertiary/aromatic N) is 1. The zero-order valence-electron chi connectivity index (χ0n) is 17.2. The Hall–Kier alpha value is -3.07.